The number of aliphatic hydroxyl groups is 1. The molecule has 1 heterocycles. The molecule has 3 nitrogen and oxygen atoms in total. The standard InChI is InChI=1S/C12H18N2OS/c1-3-12(4-2,9-15)14-7-11-5-10(6-13)8-16-11/h5,8,14-15H,3-4,7,9H2,1-2H3. The molecule has 0 aliphatic heterocycles. The lowest BCUT2D eigenvalue weighted by atomic mass is 9.94. The molecule has 0 saturated heterocycles. The van der Waals surface area contributed by atoms with Crippen molar-refractivity contribution in [3.8, 4) is 6.07 Å². The second-order valence-electron chi connectivity index (χ2n) is 3.91. The number of nitrogens with one attached hydrogen (secondary N) is 1. The number of thiophene rings is 1. The summed E-state index contributed by atoms with van der Waals surface area (Å²) < 4.78 is 0. The number of nitrogens with zero attached hydrogens (tertiary/aromatic N) is 1. The van der Waals surface area contributed by atoms with Crippen molar-refractivity contribution in [3.63, 3.8) is 0 Å². The van der Waals surface area contributed by atoms with Crippen molar-refractivity contribution in [1.82, 2.24) is 5.32 Å². The Balaban J connectivity index is 2.59. The number of hydrogen-bond acceptors (Lipinski definition) is 4. The minimum atomic E-state index is -0.184. The molecule has 0 amide bonds. The first-order valence-corrected chi connectivity index (χ1v) is 6.41. The smallest absolute Gasteiger partial charge is 0.100 e. The van der Waals surface area contributed by atoms with Crippen LogP contribution in [-0.4, -0.2) is 17.3 Å². The van der Waals surface area contributed by atoms with Crippen molar-refractivity contribution in [1.29, 1.82) is 5.26 Å². The van der Waals surface area contributed by atoms with Crippen LogP contribution in [0.2, 0.25) is 0 Å². The first kappa shape index (κ1) is 13.2. The normalized spacial score (nSPS) is 11.4. The summed E-state index contributed by atoms with van der Waals surface area (Å²) in [5, 5.41) is 23.4. The molecule has 16 heavy (non-hydrogen) atoms. The zero-order valence-corrected chi connectivity index (χ0v) is 10.6. The fourth-order valence-electron chi connectivity index (χ4n) is 1.59. The Hall–Kier alpha value is -0.890. The van der Waals surface area contributed by atoms with Gasteiger partial charge in [-0.15, -0.1) is 11.3 Å². The van der Waals surface area contributed by atoms with Crippen LogP contribution in [-0.2, 0) is 6.54 Å². The minimum Gasteiger partial charge on any atom is -0.394 e. The van der Waals surface area contributed by atoms with Gasteiger partial charge in [0.05, 0.1) is 12.2 Å². The molecule has 0 aliphatic rings. The summed E-state index contributed by atoms with van der Waals surface area (Å²) in [5.41, 5.74) is 0.529. The molecule has 0 fully saturated rings. The molecule has 1 aromatic heterocycles. The highest BCUT2D eigenvalue weighted by Gasteiger charge is 2.24. The zero-order chi connectivity index (χ0) is 12.0. The molecule has 88 valence electrons. The first-order chi connectivity index (χ1) is 7.69. The van der Waals surface area contributed by atoms with E-state index in [0.29, 0.717) is 12.1 Å². The van der Waals surface area contributed by atoms with Crippen molar-refractivity contribution < 1.29 is 5.11 Å². The minimum absolute atomic E-state index is 0.149. The van der Waals surface area contributed by atoms with Gasteiger partial charge in [0.2, 0.25) is 0 Å². The van der Waals surface area contributed by atoms with Gasteiger partial charge >= 0.3 is 0 Å². The van der Waals surface area contributed by atoms with Crippen LogP contribution in [0.5, 0.6) is 0 Å². The van der Waals surface area contributed by atoms with Gasteiger partial charge in [0, 0.05) is 22.3 Å². The van der Waals surface area contributed by atoms with Crippen molar-refractivity contribution in [2.24, 2.45) is 0 Å². The summed E-state index contributed by atoms with van der Waals surface area (Å²) >= 11 is 1.58. The molecule has 2 N–H and O–H groups in total. The van der Waals surface area contributed by atoms with Gasteiger partial charge in [-0.05, 0) is 18.9 Å². The van der Waals surface area contributed by atoms with Crippen molar-refractivity contribution in [2.75, 3.05) is 6.61 Å². The van der Waals surface area contributed by atoms with Crippen LogP contribution in [0.1, 0.15) is 37.1 Å². The molecule has 1 rings (SSSR count). The second kappa shape index (κ2) is 6.00. The summed E-state index contributed by atoms with van der Waals surface area (Å²) in [7, 11) is 0. The van der Waals surface area contributed by atoms with E-state index in [1.807, 2.05) is 11.4 Å². The Morgan fingerprint density at radius 1 is 1.50 bits per heavy atom. The van der Waals surface area contributed by atoms with Gasteiger partial charge in [-0.2, -0.15) is 5.26 Å². The predicted molar refractivity (Wildman–Crippen MR) is 66.3 cm³/mol. The zero-order valence-electron chi connectivity index (χ0n) is 9.79. The highest BCUT2D eigenvalue weighted by atomic mass is 32.1. The topological polar surface area (TPSA) is 56.0 Å². The molecule has 0 spiro atoms. The summed E-state index contributed by atoms with van der Waals surface area (Å²) in [5.74, 6) is 0. The van der Waals surface area contributed by atoms with E-state index in [4.69, 9.17) is 5.26 Å². The highest BCUT2D eigenvalue weighted by molar-refractivity contribution is 7.10. The van der Waals surface area contributed by atoms with Gasteiger partial charge in [0.25, 0.3) is 0 Å². The van der Waals surface area contributed by atoms with Gasteiger partial charge in [-0.25, -0.2) is 0 Å². The van der Waals surface area contributed by atoms with E-state index in [9.17, 15) is 5.11 Å². The quantitative estimate of drug-likeness (QED) is 0.799. The van der Waals surface area contributed by atoms with Crippen LogP contribution in [0.4, 0.5) is 0 Å². The number of nitriles is 1. The van der Waals surface area contributed by atoms with Gasteiger partial charge in [0.1, 0.15) is 6.07 Å². The molecule has 0 atom stereocenters. The Kier molecular flexibility index (Phi) is 4.94. The molecule has 0 aliphatic carbocycles. The molecule has 4 heteroatoms. The van der Waals surface area contributed by atoms with Crippen LogP contribution < -0.4 is 5.32 Å². The third kappa shape index (κ3) is 3.05. The van der Waals surface area contributed by atoms with Crippen LogP contribution >= 0.6 is 11.3 Å². The van der Waals surface area contributed by atoms with Gasteiger partial charge in [-0.3, -0.25) is 0 Å². The average molecular weight is 238 g/mol. The average Bonchev–Trinajstić information content (AvgIpc) is 2.80. The van der Waals surface area contributed by atoms with E-state index in [0.717, 1.165) is 17.7 Å². The maximum Gasteiger partial charge on any atom is 0.100 e. The van der Waals surface area contributed by atoms with Crippen molar-refractivity contribution in [2.45, 2.75) is 38.8 Å². The first-order valence-electron chi connectivity index (χ1n) is 5.53. The Labute approximate surface area is 101 Å². The lowest BCUT2D eigenvalue weighted by Gasteiger charge is -2.30. The number of aliphatic hydroxyl groups excluding tert-OH is 1. The Morgan fingerprint density at radius 3 is 2.62 bits per heavy atom. The fraction of sp³-hybridized carbons (Fsp3) is 0.583. The lowest BCUT2D eigenvalue weighted by molar-refractivity contribution is 0.150. The van der Waals surface area contributed by atoms with E-state index < -0.39 is 0 Å². The van der Waals surface area contributed by atoms with Gasteiger partial charge < -0.3 is 10.4 Å². The molecule has 0 aromatic carbocycles. The predicted octanol–water partition coefficient (Wildman–Crippen LogP) is 2.26. The van der Waals surface area contributed by atoms with E-state index >= 15 is 0 Å². The Morgan fingerprint density at radius 2 is 2.19 bits per heavy atom. The molecule has 0 radical (unpaired) electrons. The lowest BCUT2D eigenvalue weighted by Crippen LogP contribution is -2.46. The molecule has 0 saturated carbocycles. The summed E-state index contributed by atoms with van der Waals surface area (Å²) in [4.78, 5) is 1.14. The van der Waals surface area contributed by atoms with Crippen LogP contribution in [0.25, 0.3) is 0 Å². The van der Waals surface area contributed by atoms with Crippen molar-refractivity contribution >= 4 is 11.3 Å². The Bertz CT molecular complexity index is 355. The van der Waals surface area contributed by atoms with Gasteiger partial charge in [-0.1, -0.05) is 13.8 Å². The third-order valence-electron chi connectivity index (χ3n) is 3.08. The summed E-state index contributed by atoms with van der Waals surface area (Å²) in [6, 6.07) is 4.01. The molecule has 1 aromatic rings. The van der Waals surface area contributed by atoms with Crippen molar-refractivity contribution in [3.05, 3.63) is 21.9 Å². The second-order valence-corrected chi connectivity index (χ2v) is 4.91. The van der Waals surface area contributed by atoms with Crippen LogP contribution in [0, 0.1) is 11.3 Å². The summed E-state index contributed by atoms with van der Waals surface area (Å²) in [6.45, 7) is 5.01. The van der Waals surface area contributed by atoms with E-state index in [1.54, 1.807) is 11.3 Å². The maximum atomic E-state index is 9.39. The molecular formula is C12H18N2OS. The monoisotopic (exact) mass is 238 g/mol. The number of rotatable bonds is 6. The van der Waals surface area contributed by atoms with E-state index in [2.05, 4.69) is 25.2 Å². The van der Waals surface area contributed by atoms with Crippen LogP contribution in [0.15, 0.2) is 11.4 Å². The molecular weight excluding hydrogens is 220 g/mol. The van der Waals surface area contributed by atoms with Gasteiger partial charge in [0.15, 0.2) is 0 Å². The maximum absolute atomic E-state index is 9.39. The highest BCUT2D eigenvalue weighted by Crippen LogP contribution is 2.18. The fourth-order valence-corrected chi connectivity index (χ4v) is 2.34. The molecule has 0 bridgehead atoms. The van der Waals surface area contributed by atoms with E-state index in [1.165, 1.54) is 0 Å². The largest absolute Gasteiger partial charge is 0.394 e. The number of hydrogen-bond donors (Lipinski definition) is 2. The van der Waals surface area contributed by atoms with Crippen LogP contribution in [0.3, 0.4) is 0 Å². The van der Waals surface area contributed by atoms with E-state index in [-0.39, 0.29) is 12.1 Å². The third-order valence-corrected chi connectivity index (χ3v) is 4.01. The SMILES string of the molecule is CCC(CC)(CO)NCc1cc(C#N)cs1. The summed E-state index contributed by atoms with van der Waals surface area (Å²) in [6.07, 6.45) is 1.80. The molecule has 0 unspecified atom stereocenters.